The molecule has 1 saturated carbocycles. The highest BCUT2D eigenvalue weighted by Gasteiger charge is 2.18. The summed E-state index contributed by atoms with van der Waals surface area (Å²) in [5.41, 5.74) is 1.21. The van der Waals surface area contributed by atoms with Crippen LogP contribution in [-0.2, 0) is 6.54 Å². The molecule has 120 valence electrons. The zero-order valence-corrected chi connectivity index (χ0v) is 12.9. The van der Waals surface area contributed by atoms with E-state index in [1.165, 1.54) is 17.4 Å². The largest absolute Gasteiger partial charge is 0.349 e. The van der Waals surface area contributed by atoms with Crippen LogP contribution in [-0.4, -0.2) is 27.0 Å². The Morgan fingerprint density at radius 2 is 2.09 bits per heavy atom. The van der Waals surface area contributed by atoms with Crippen LogP contribution in [0.15, 0.2) is 41.6 Å². The standard InChI is InChI=1S/C17H20N4O2/c22-16-11-15(13-5-1-2-6-13)20-12-21(16)10-9-19-17(23)14-7-3-4-8-18-14/h3-4,7-8,11-13H,1-2,5-6,9-10H2,(H,19,23). The van der Waals surface area contributed by atoms with E-state index in [2.05, 4.69) is 15.3 Å². The minimum Gasteiger partial charge on any atom is -0.349 e. The van der Waals surface area contributed by atoms with Crippen LogP contribution in [0.4, 0.5) is 0 Å². The third-order valence-electron chi connectivity index (χ3n) is 4.21. The molecule has 1 N–H and O–H groups in total. The van der Waals surface area contributed by atoms with Crippen molar-refractivity contribution in [1.82, 2.24) is 19.9 Å². The van der Waals surface area contributed by atoms with Gasteiger partial charge in [0.25, 0.3) is 11.5 Å². The van der Waals surface area contributed by atoms with Crippen LogP contribution in [0.3, 0.4) is 0 Å². The lowest BCUT2D eigenvalue weighted by atomic mass is 10.0. The molecule has 0 bridgehead atoms. The van der Waals surface area contributed by atoms with Crippen molar-refractivity contribution in [2.24, 2.45) is 0 Å². The van der Waals surface area contributed by atoms with Gasteiger partial charge < -0.3 is 5.32 Å². The molecule has 0 unspecified atom stereocenters. The Labute approximate surface area is 134 Å². The third kappa shape index (κ3) is 3.83. The topological polar surface area (TPSA) is 76.9 Å². The molecule has 3 rings (SSSR count). The predicted molar refractivity (Wildman–Crippen MR) is 86.3 cm³/mol. The van der Waals surface area contributed by atoms with Crippen molar-refractivity contribution < 1.29 is 4.79 Å². The number of carbonyl (C=O) groups is 1. The molecule has 0 atom stereocenters. The summed E-state index contributed by atoms with van der Waals surface area (Å²) >= 11 is 0. The van der Waals surface area contributed by atoms with E-state index in [1.54, 1.807) is 36.8 Å². The van der Waals surface area contributed by atoms with E-state index in [4.69, 9.17) is 0 Å². The van der Waals surface area contributed by atoms with Crippen molar-refractivity contribution in [2.75, 3.05) is 6.54 Å². The number of nitrogens with zero attached hydrogens (tertiary/aromatic N) is 3. The zero-order chi connectivity index (χ0) is 16.1. The van der Waals surface area contributed by atoms with Crippen molar-refractivity contribution in [3.63, 3.8) is 0 Å². The second-order valence-corrected chi connectivity index (χ2v) is 5.80. The number of pyridine rings is 1. The van der Waals surface area contributed by atoms with Crippen LogP contribution >= 0.6 is 0 Å². The molecule has 23 heavy (non-hydrogen) atoms. The Morgan fingerprint density at radius 3 is 2.78 bits per heavy atom. The number of hydrogen-bond donors (Lipinski definition) is 1. The minimum absolute atomic E-state index is 0.0611. The summed E-state index contributed by atoms with van der Waals surface area (Å²) in [5.74, 6) is 0.190. The average Bonchev–Trinajstić information content (AvgIpc) is 3.11. The van der Waals surface area contributed by atoms with E-state index >= 15 is 0 Å². The first-order chi connectivity index (χ1) is 11.2. The molecule has 6 heteroatoms. The van der Waals surface area contributed by atoms with Gasteiger partial charge in [-0.1, -0.05) is 18.9 Å². The van der Waals surface area contributed by atoms with E-state index in [9.17, 15) is 9.59 Å². The third-order valence-corrected chi connectivity index (χ3v) is 4.21. The maximum absolute atomic E-state index is 12.1. The molecule has 1 aliphatic rings. The van der Waals surface area contributed by atoms with Gasteiger partial charge in [0.15, 0.2) is 0 Å². The van der Waals surface area contributed by atoms with Gasteiger partial charge in [0.2, 0.25) is 0 Å². The van der Waals surface area contributed by atoms with E-state index in [0.717, 1.165) is 18.5 Å². The van der Waals surface area contributed by atoms with E-state index < -0.39 is 0 Å². The summed E-state index contributed by atoms with van der Waals surface area (Å²) in [5, 5.41) is 2.76. The van der Waals surface area contributed by atoms with Crippen LogP contribution in [0.1, 0.15) is 47.8 Å². The number of hydrogen-bond acceptors (Lipinski definition) is 4. The Bertz CT molecular complexity index is 721. The molecule has 0 aliphatic heterocycles. The summed E-state index contributed by atoms with van der Waals surface area (Å²) < 4.78 is 1.52. The maximum Gasteiger partial charge on any atom is 0.269 e. The number of amides is 1. The highest BCUT2D eigenvalue weighted by molar-refractivity contribution is 5.92. The molecule has 0 spiro atoms. The second kappa shape index (κ2) is 7.17. The molecule has 1 aliphatic carbocycles. The zero-order valence-electron chi connectivity index (χ0n) is 12.9. The summed E-state index contributed by atoms with van der Waals surface area (Å²) in [4.78, 5) is 32.4. The molecular formula is C17H20N4O2. The molecule has 2 aromatic rings. The van der Waals surface area contributed by atoms with E-state index in [1.807, 2.05) is 0 Å². The van der Waals surface area contributed by atoms with Gasteiger partial charge in [-0.3, -0.25) is 19.1 Å². The molecule has 1 fully saturated rings. The van der Waals surface area contributed by atoms with Crippen molar-refractivity contribution in [3.8, 4) is 0 Å². The van der Waals surface area contributed by atoms with Crippen molar-refractivity contribution >= 4 is 5.91 Å². The van der Waals surface area contributed by atoms with Crippen LogP contribution in [0.2, 0.25) is 0 Å². The predicted octanol–water partition coefficient (Wildman–Crippen LogP) is 1.73. The summed E-state index contributed by atoms with van der Waals surface area (Å²) in [6.45, 7) is 0.759. The lowest BCUT2D eigenvalue weighted by molar-refractivity contribution is 0.0947. The van der Waals surface area contributed by atoms with Crippen LogP contribution in [0.5, 0.6) is 0 Å². The second-order valence-electron chi connectivity index (χ2n) is 5.80. The molecule has 2 heterocycles. The molecule has 0 saturated heterocycles. The summed E-state index contributed by atoms with van der Waals surface area (Å²) in [6.07, 6.45) is 7.84. The lowest BCUT2D eigenvalue weighted by Crippen LogP contribution is -2.31. The highest BCUT2D eigenvalue weighted by atomic mass is 16.2. The van der Waals surface area contributed by atoms with Gasteiger partial charge in [-0.05, 0) is 25.0 Å². The van der Waals surface area contributed by atoms with Crippen molar-refractivity contribution in [3.05, 3.63) is 58.5 Å². The number of carbonyl (C=O) groups excluding carboxylic acids is 1. The number of nitrogens with one attached hydrogen (secondary N) is 1. The number of rotatable bonds is 5. The van der Waals surface area contributed by atoms with Gasteiger partial charge in [-0.25, -0.2) is 4.98 Å². The first-order valence-electron chi connectivity index (χ1n) is 7.99. The fourth-order valence-electron chi connectivity index (χ4n) is 2.93. The Hall–Kier alpha value is -2.50. The van der Waals surface area contributed by atoms with Crippen molar-refractivity contribution in [2.45, 2.75) is 38.1 Å². The fraction of sp³-hybridized carbons (Fsp3) is 0.412. The number of aromatic nitrogens is 3. The monoisotopic (exact) mass is 312 g/mol. The summed E-state index contributed by atoms with van der Waals surface area (Å²) in [7, 11) is 0. The maximum atomic E-state index is 12.1. The molecule has 2 aromatic heterocycles. The van der Waals surface area contributed by atoms with Crippen LogP contribution < -0.4 is 10.9 Å². The quantitative estimate of drug-likeness (QED) is 0.912. The molecular weight excluding hydrogens is 292 g/mol. The molecule has 1 amide bonds. The van der Waals surface area contributed by atoms with Crippen LogP contribution in [0.25, 0.3) is 0 Å². The Kier molecular flexibility index (Phi) is 4.80. The smallest absolute Gasteiger partial charge is 0.269 e. The van der Waals surface area contributed by atoms with E-state index in [0.29, 0.717) is 24.7 Å². The van der Waals surface area contributed by atoms with Gasteiger partial charge in [0.05, 0.1) is 12.0 Å². The first kappa shape index (κ1) is 15.4. The Balaban J connectivity index is 1.56. The van der Waals surface area contributed by atoms with Crippen molar-refractivity contribution in [1.29, 1.82) is 0 Å². The summed E-state index contributed by atoms with van der Waals surface area (Å²) in [6, 6.07) is 6.81. The first-order valence-corrected chi connectivity index (χ1v) is 7.99. The van der Waals surface area contributed by atoms with Gasteiger partial charge in [0, 0.05) is 31.3 Å². The minimum atomic E-state index is -0.241. The van der Waals surface area contributed by atoms with E-state index in [-0.39, 0.29) is 11.5 Å². The molecule has 0 radical (unpaired) electrons. The SMILES string of the molecule is O=C(NCCn1cnc(C2CCCC2)cc1=O)c1ccccn1. The van der Waals surface area contributed by atoms with Gasteiger partial charge >= 0.3 is 0 Å². The van der Waals surface area contributed by atoms with Crippen LogP contribution in [0, 0.1) is 0 Å². The van der Waals surface area contributed by atoms with Gasteiger partial charge in [-0.2, -0.15) is 0 Å². The molecule has 6 nitrogen and oxygen atoms in total. The Morgan fingerprint density at radius 1 is 1.26 bits per heavy atom. The lowest BCUT2D eigenvalue weighted by Gasteiger charge is -2.10. The van der Waals surface area contributed by atoms with Gasteiger partial charge in [-0.15, -0.1) is 0 Å². The average molecular weight is 312 g/mol. The van der Waals surface area contributed by atoms with Gasteiger partial charge in [0.1, 0.15) is 5.69 Å². The molecule has 0 aromatic carbocycles. The fourth-order valence-corrected chi connectivity index (χ4v) is 2.93. The normalized spacial score (nSPS) is 14.8. The highest BCUT2D eigenvalue weighted by Crippen LogP contribution is 2.32.